The van der Waals surface area contributed by atoms with E-state index in [0.717, 1.165) is 31.8 Å². The first kappa shape index (κ1) is 11.0. The number of hydrogen-bond acceptors (Lipinski definition) is 4. The third-order valence-corrected chi connectivity index (χ3v) is 3.00. The molecule has 0 aromatic carbocycles. The van der Waals surface area contributed by atoms with E-state index < -0.39 is 5.97 Å². The van der Waals surface area contributed by atoms with Crippen LogP contribution in [0.25, 0.3) is 0 Å². The summed E-state index contributed by atoms with van der Waals surface area (Å²) in [5.74, 6) is 0.173. The highest BCUT2D eigenvalue weighted by atomic mass is 16.4. The van der Waals surface area contributed by atoms with Gasteiger partial charge in [-0.15, -0.1) is 0 Å². The lowest BCUT2D eigenvalue weighted by Crippen LogP contribution is -2.29. The normalized spacial score (nSPS) is 18.6. The van der Waals surface area contributed by atoms with Gasteiger partial charge in [0.25, 0.3) is 0 Å². The average Bonchev–Trinajstić information content (AvgIpc) is 2.30. The van der Waals surface area contributed by atoms with Crippen LogP contribution in [0.1, 0.15) is 34.9 Å². The molecule has 2 rings (SSSR count). The van der Waals surface area contributed by atoms with Crippen LogP contribution in [0.2, 0.25) is 0 Å². The Hall–Kier alpha value is -1.49. The van der Waals surface area contributed by atoms with Crippen molar-refractivity contribution in [2.24, 2.45) is 0 Å². The largest absolute Gasteiger partial charge is 0.478 e. The van der Waals surface area contributed by atoms with Crippen LogP contribution in [-0.4, -0.2) is 46.1 Å². The highest BCUT2D eigenvalue weighted by Gasteiger charge is 2.20. The lowest BCUT2D eigenvalue weighted by Gasteiger charge is -2.27. The number of piperidine rings is 1. The van der Waals surface area contributed by atoms with Crippen LogP contribution >= 0.6 is 0 Å². The fourth-order valence-corrected chi connectivity index (χ4v) is 1.93. The summed E-state index contributed by atoms with van der Waals surface area (Å²) in [6.07, 6.45) is 4.87. The molecule has 1 fully saturated rings. The number of aromatic nitrogens is 2. The third kappa shape index (κ3) is 2.36. The van der Waals surface area contributed by atoms with Crippen LogP contribution in [-0.2, 0) is 0 Å². The molecule has 0 radical (unpaired) electrons. The Morgan fingerprint density at radius 1 is 1.38 bits per heavy atom. The summed E-state index contributed by atoms with van der Waals surface area (Å²) in [4.78, 5) is 21.2. The van der Waals surface area contributed by atoms with Crippen molar-refractivity contribution in [3.8, 4) is 0 Å². The summed E-state index contributed by atoms with van der Waals surface area (Å²) >= 11 is 0. The first-order valence-corrected chi connectivity index (χ1v) is 5.40. The van der Waals surface area contributed by atoms with E-state index in [1.807, 2.05) is 0 Å². The molecule has 0 atom stereocenters. The standard InChI is InChI=1S/C11H15N3O2/c1-14-4-2-8(3-5-14)10-12-6-9(7-13-10)11(15)16/h6-8H,2-5H2,1H3,(H,15,16). The van der Waals surface area contributed by atoms with Crippen molar-refractivity contribution in [2.45, 2.75) is 18.8 Å². The van der Waals surface area contributed by atoms with E-state index in [1.54, 1.807) is 0 Å². The number of carboxylic acids is 1. The molecular formula is C11H15N3O2. The molecule has 1 aliphatic rings. The Morgan fingerprint density at radius 2 is 1.94 bits per heavy atom. The Morgan fingerprint density at radius 3 is 2.44 bits per heavy atom. The minimum atomic E-state index is -0.977. The molecule has 2 heterocycles. The fourth-order valence-electron chi connectivity index (χ4n) is 1.93. The second-order valence-corrected chi connectivity index (χ2v) is 4.21. The van der Waals surface area contributed by atoms with Crippen molar-refractivity contribution >= 4 is 5.97 Å². The number of aromatic carboxylic acids is 1. The molecule has 0 amide bonds. The second-order valence-electron chi connectivity index (χ2n) is 4.21. The van der Waals surface area contributed by atoms with Crippen LogP contribution in [0.5, 0.6) is 0 Å². The van der Waals surface area contributed by atoms with Gasteiger partial charge in [0.1, 0.15) is 5.82 Å². The highest BCUT2D eigenvalue weighted by Crippen LogP contribution is 2.24. The van der Waals surface area contributed by atoms with Crippen molar-refractivity contribution in [3.63, 3.8) is 0 Å². The SMILES string of the molecule is CN1CCC(c2ncc(C(=O)O)cn2)CC1. The molecule has 0 bridgehead atoms. The topological polar surface area (TPSA) is 66.3 Å². The van der Waals surface area contributed by atoms with Crippen LogP contribution < -0.4 is 0 Å². The molecule has 1 aromatic heterocycles. The molecule has 1 aromatic rings. The van der Waals surface area contributed by atoms with Gasteiger partial charge >= 0.3 is 5.97 Å². The molecule has 16 heavy (non-hydrogen) atoms. The summed E-state index contributed by atoms with van der Waals surface area (Å²) in [6, 6.07) is 0. The van der Waals surface area contributed by atoms with Gasteiger partial charge in [0, 0.05) is 18.3 Å². The van der Waals surface area contributed by atoms with Gasteiger partial charge in [0.2, 0.25) is 0 Å². The smallest absolute Gasteiger partial charge is 0.338 e. The highest BCUT2D eigenvalue weighted by molar-refractivity contribution is 5.86. The quantitative estimate of drug-likeness (QED) is 0.806. The number of nitrogens with zero attached hydrogens (tertiary/aromatic N) is 3. The van der Waals surface area contributed by atoms with Crippen LogP contribution in [0, 0.1) is 0 Å². The molecule has 0 saturated carbocycles. The number of carboxylic acid groups (broad SMARTS) is 1. The number of carbonyl (C=O) groups is 1. The van der Waals surface area contributed by atoms with E-state index in [9.17, 15) is 4.79 Å². The van der Waals surface area contributed by atoms with Gasteiger partial charge in [-0.3, -0.25) is 0 Å². The lowest BCUT2D eigenvalue weighted by molar-refractivity contribution is 0.0696. The minimum Gasteiger partial charge on any atom is -0.478 e. The lowest BCUT2D eigenvalue weighted by atomic mass is 9.96. The van der Waals surface area contributed by atoms with Crippen molar-refractivity contribution in [2.75, 3.05) is 20.1 Å². The van der Waals surface area contributed by atoms with Crippen molar-refractivity contribution in [1.29, 1.82) is 0 Å². The predicted molar refractivity (Wildman–Crippen MR) is 58.5 cm³/mol. The van der Waals surface area contributed by atoms with E-state index in [0.29, 0.717) is 5.92 Å². The fraction of sp³-hybridized carbons (Fsp3) is 0.545. The van der Waals surface area contributed by atoms with Gasteiger partial charge in [0.15, 0.2) is 0 Å². The molecule has 0 spiro atoms. The van der Waals surface area contributed by atoms with Crippen molar-refractivity contribution in [1.82, 2.24) is 14.9 Å². The molecule has 1 N–H and O–H groups in total. The summed E-state index contributed by atoms with van der Waals surface area (Å²) in [5.41, 5.74) is 0.150. The average molecular weight is 221 g/mol. The van der Waals surface area contributed by atoms with Gasteiger partial charge in [-0.1, -0.05) is 0 Å². The van der Waals surface area contributed by atoms with Gasteiger partial charge in [-0.25, -0.2) is 14.8 Å². The maximum atomic E-state index is 10.6. The predicted octanol–water partition coefficient (Wildman–Crippen LogP) is 0.984. The molecular weight excluding hydrogens is 206 g/mol. The Labute approximate surface area is 94.1 Å². The zero-order valence-electron chi connectivity index (χ0n) is 9.26. The maximum Gasteiger partial charge on any atom is 0.338 e. The van der Waals surface area contributed by atoms with E-state index in [2.05, 4.69) is 21.9 Å². The zero-order chi connectivity index (χ0) is 11.5. The Bertz CT molecular complexity index is 369. The van der Waals surface area contributed by atoms with Crippen molar-refractivity contribution < 1.29 is 9.90 Å². The molecule has 0 unspecified atom stereocenters. The maximum absolute atomic E-state index is 10.6. The number of rotatable bonds is 2. The van der Waals surface area contributed by atoms with Crippen molar-refractivity contribution in [3.05, 3.63) is 23.8 Å². The second kappa shape index (κ2) is 4.57. The van der Waals surface area contributed by atoms with Gasteiger partial charge in [-0.05, 0) is 33.0 Å². The Balaban J connectivity index is 2.07. The summed E-state index contributed by atoms with van der Waals surface area (Å²) < 4.78 is 0. The number of hydrogen-bond donors (Lipinski definition) is 1. The molecule has 86 valence electrons. The van der Waals surface area contributed by atoms with Crippen LogP contribution in [0.15, 0.2) is 12.4 Å². The third-order valence-electron chi connectivity index (χ3n) is 3.00. The molecule has 0 aliphatic carbocycles. The molecule has 1 aliphatic heterocycles. The summed E-state index contributed by atoms with van der Waals surface area (Å²) in [6.45, 7) is 2.10. The van der Waals surface area contributed by atoms with Crippen LogP contribution in [0.4, 0.5) is 0 Å². The van der Waals surface area contributed by atoms with Gasteiger partial charge in [-0.2, -0.15) is 0 Å². The molecule has 5 heteroatoms. The number of likely N-dealkylation sites (tertiary alicyclic amines) is 1. The molecule has 1 saturated heterocycles. The van der Waals surface area contributed by atoms with Gasteiger partial charge in [0.05, 0.1) is 5.56 Å². The zero-order valence-corrected chi connectivity index (χ0v) is 9.26. The first-order valence-electron chi connectivity index (χ1n) is 5.40. The van der Waals surface area contributed by atoms with E-state index in [-0.39, 0.29) is 5.56 Å². The van der Waals surface area contributed by atoms with E-state index in [4.69, 9.17) is 5.11 Å². The minimum absolute atomic E-state index is 0.150. The van der Waals surface area contributed by atoms with Gasteiger partial charge < -0.3 is 10.0 Å². The Kier molecular flexibility index (Phi) is 3.14. The summed E-state index contributed by atoms with van der Waals surface area (Å²) in [7, 11) is 2.10. The summed E-state index contributed by atoms with van der Waals surface area (Å²) in [5, 5.41) is 8.73. The monoisotopic (exact) mass is 221 g/mol. The molecule has 5 nitrogen and oxygen atoms in total. The van der Waals surface area contributed by atoms with Crippen LogP contribution in [0.3, 0.4) is 0 Å². The van der Waals surface area contributed by atoms with E-state index >= 15 is 0 Å². The first-order chi connectivity index (χ1) is 7.66. The van der Waals surface area contributed by atoms with E-state index in [1.165, 1.54) is 12.4 Å².